The van der Waals surface area contributed by atoms with Crippen LogP contribution in [0.4, 0.5) is 0 Å². The highest BCUT2D eigenvalue weighted by Crippen LogP contribution is 2.28. The molecule has 0 atom stereocenters. The number of hydrogen-bond donors (Lipinski definition) is 1. The number of nitrogens with zero attached hydrogens (tertiary/aromatic N) is 2. The highest BCUT2D eigenvalue weighted by atomic mass is 35.5. The van der Waals surface area contributed by atoms with Crippen molar-refractivity contribution in [3.8, 4) is 5.75 Å². The van der Waals surface area contributed by atoms with E-state index >= 15 is 0 Å². The van der Waals surface area contributed by atoms with E-state index in [-0.39, 0.29) is 6.61 Å². The SMILES string of the molecule is CCc1nn(CC)c(COc2ccc(CO)cc2Cl)c1Cl. The molecule has 0 amide bonds. The summed E-state index contributed by atoms with van der Waals surface area (Å²) in [6.45, 7) is 5.01. The van der Waals surface area contributed by atoms with Gasteiger partial charge in [0.15, 0.2) is 0 Å². The quantitative estimate of drug-likeness (QED) is 0.876. The lowest BCUT2D eigenvalue weighted by atomic mass is 10.2. The van der Waals surface area contributed by atoms with Gasteiger partial charge in [-0.15, -0.1) is 0 Å². The Kier molecular flexibility index (Phi) is 5.51. The molecule has 0 bridgehead atoms. The summed E-state index contributed by atoms with van der Waals surface area (Å²) in [7, 11) is 0. The lowest BCUT2D eigenvalue weighted by Crippen LogP contribution is -2.06. The van der Waals surface area contributed by atoms with Gasteiger partial charge < -0.3 is 9.84 Å². The maximum absolute atomic E-state index is 9.07. The van der Waals surface area contributed by atoms with Crippen LogP contribution in [0.15, 0.2) is 18.2 Å². The van der Waals surface area contributed by atoms with Crippen LogP contribution in [-0.4, -0.2) is 14.9 Å². The summed E-state index contributed by atoms with van der Waals surface area (Å²) in [5, 5.41) is 14.6. The molecule has 0 radical (unpaired) electrons. The van der Waals surface area contributed by atoms with Gasteiger partial charge in [-0.25, -0.2) is 0 Å². The molecule has 4 nitrogen and oxygen atoms in total. The van der Waals surface area contributed by atoms with E-state index in [4.69, 9.17) is 33.0 Å². The Morgan fingerprint density at radius 1 is 1.29 bits per heavy atom. The molecule has 0 spiro atoms. The van der Waals surface area contributed by atoms with Gasteiger partial charge in [0.2, 0.25) is 0 Å². The molecule has 114 valence electrons. The minimum atomic E-state index is -0.0473. The average Bonchev–Trinajstić information content (AvgIpc) is 2.81. The van der Waals surface area contributed by atoms with Gasteiger partial charge in [0, 0.05) is 6.54 Å². The Morgan fingerprint density at radius 3 is 2.62 bits per heavy atom. The Hall–Kier alpha value is -1.23. The monoisotopic (exact) mass is 328 g/mol. The normalized spacial score (nSPS) is 10.9. The molecule has 0 unspecified atom stereocenters. The van der Waals surface area contributed by atoms with E-state index in [9.17, 15) is 0 Å². The maximum Gasteiger partial charge on any atom is 0.138 e. The number of aromatic nitrogens is 2. The summed E-state index contributed by atoms with van der Waals surface area (Å²) in [5.74, 6) is 0.562. The van der Waals surface area contributed by atoms with Crippen molar-refractivity contribution >= 4 is 23.2 Å². The summed E-state index contributed by atoms with van der Waals surface area (Å²) in [4.78, 5) is 0. The van der Waals surface area contributed by atoms with E-state index in [1.807, 2.05) is 18.5 Å². The van der Waals surface area contributed by atoms with Crippen LogP contribution in [0.5, 0.6) is 5.75 Å². The summed E-state index contributed by atoms with van der Waals surface area (Å²) < 4.78 is 7.59. The zero-order chi connectivity index (χ0) is 15.4. The van der Waals surface area contributed by atoms with Crippen molar-refractivity contribution < 1.29 is 9.84 Å². The molecule has 2 aromatic rings. The number of halogens is 2. The van der Waals surface area contributed by atoms with Crippen LogP contribution in [0.2, 0.25) is 10.0 Å². The Morgan fingerprint density at radius 2 is 2.05 bits per heavy atom. The molecule has 1 aromatic heterocycles. The fourth-order valence-corrected chi connectivity index (χ4v) is 2.64. The molecule has 21 heavy (non-hydrogen) atoms. The average molecular weight is 329 g/mol. The molecular weight excluding hydrogens is 311 g/mol. The van der Waals surface area contributed by atoms with Crippen LogP contribution in [0, 0.1) is 0 Å². The van der Waals surface area contributed by atoms with E-state index in [1.54, 1.807) is 18.2 Å². The van der Waals surface area contributed by atoms with E-state index < -0.39 is 0 Å². The van der Waals surface area contributed by atoms with Gasteiger partial charge in [-0.3, -0.25) is 4.68 Å². The first-order valence-corrected chi connectivity index (χ1v) is 7.62. The third-order valence-corrected chi connectivity index (χ3v) is 3.97. The van der Waals surface area contributed by atoms with Crippen molar-refractivity contribution in [2.75, 3.05) is 0 Å². The molecule has 0 aliphatic heterocycles. The van der Waals surface area contributed by atoms with Gasteiger partial charge in [-0.05, 0) is 31.0 Å². The third kappa shape index (κ3) is 3.51. The summed E-state index contributed by atoms with van der Waals surface area (Å²) in [5.41, 5.74) is 2.47. The number of benzene rings is 1. The lowest BCUT2D eigenvalue weighted by molar-refractivity contribution is 0.280. The predicted molar refractivity (Wildman–Crippen MR) is 84.0 cm³/mol. The van der Waals surface area contributed by atoms with E-state index in [0.717, 1.165) is 29.9 Å². The largest absolute Gasteiger partial charge is 0.486 e. The third-order valence-electron chi connectivity index (χ3n) is 3.24. The van der Waals surface area contributed by atoms with Crippen molar-refractivity contribution in [1.29, 1.82) is 0 Å². The minimum Gasteiger partial charge on any atom is -0.486 e. The Labute approximate surface area is 134 Å². The second kappa shape index (κ2) is 7.16. The Bertz CT molecular complexity index is 626. The van der Waals surface area contributed by atoms with E-state index in [1.165, 1.54) is 0 Å². The number of aliphatic hydroxyl groups is 1. The predicted octanol–water partition coefficient (Wildman–Crippen LogP) is 3.84. The van der Waals surface area contributed by atoms with Crippen molar-refractivity contribution in [3.05, 3.63) is 45.2 Å². The van der Waals surface area contributed by atoms with Crippen molar-refractivity contribution in [2.24, 2.45) is 0 Å². The van der Waals surface area contributed by atoms with Gasteiger partial charge >= 0.3 is 0 Å². The fraction of sp³-hybridized carbons (Fsp3) is 0.400. The number of aryl methyl sites for hydroxylation is 2. The minimum absolute atomic E-state index is 0.0473. The molecule has 0 saturated carbocycles. The van der Waals surface area contributed by atoms with Gasteiger partial charge in [-0.1, -0.05) is 36.2 Å². The molecule has 2 rings (SSSR count). The van der Waals surface area contributed by atoms with Gasteiger partial charge in [0.05, 0.1) is 28.0 Å². The molecule has 0 aliphatic rings. The van der Waals surface area contributed by atoms with E-state index in [2.05, 4.69) is 5.10 Å². The van der Waals surface area contributed by atoms with Crippen LogP contribution in [0.25, 0.3) is 0 Å². The fourth-order valence-electron chi connectivity index (χ4n) is 2.06. The molecule has 6 heteroatoms. The first-order chi connectivity index (χ1) is 10.1. The van der Waals surface area contributed by atoms with Crippen LogP contribution in [0.1, 0.15) is 30.8 Å². The lowest BCUT2D eigenvalue weighted by Gasteiger charge is -2.10. The number of hydrogen-bond acceptors (Lipinski definition) is 3. The maximum atomic E-state index is 9.07. The summed E-state index contributed by atoms with van der Waals surface area (Å²) in [6.07, 6.45) is 0.783. The molecule has 0 saturated heterocycles. The summed E-state index contributed by atoms with van der Waals surface area (Å²) >= 11 is 12.5. The molecular formula is C15H18Cl2N2O2. The standard InChI is InChI=1S/C15H18Cl2N2O2/c1-3-12-15(17)13(19(4-2)18-12)9-21-14-6-5-10(8-20)7-11(14)16/h5-7,20H,3-4,8-9H2,1-2H3. The van der Waals surface area contributed by atoms with Gasteiger partial charge in [-0.2, -0.15) is 5.10 Å². The van der Waals surface area contributed by atoms with Gasteiger partial charge in [0.25, 0.3) is 0 Å². The summed E-state index contributed by atoms with van der Waals surface area (Å²) in [6, 6.07) is 5.21. The molecule has 1 N–H and O–H groups in total. The molecule has 0 fully saturated rings. The van der Waals surface area contributed by atoms with Crippen molar-refractivity contribution in [1.82, 2.24) is 9.78 Å². The van der Waals surface area contributed by atoms with Crippen LogP contribution < -0.4 is 4.74 Å². The molecule has 1 aromatic carbocycles. The highest BCUT2D eigenvalue weighted by molar-refractivity contribution is 6.32. The van der Waals surface area contributed by atoms with Crippen molar-refractivity contribution in [3.63, 3.8) is 0 Å². The highest BCUT2D eigenvalue weighted by Gasteiger charge is 2.15. The zero-order valence-corrected chi connectivity index (χ0v) is 13.6. The number of aliphatic hydroxyl groups excluding tert-OH is 1. The van der Waals surface area contributed by atoms with Crippen LogP contribution in [-0.2, 0) is 26.2 Å². The van der Waals surface area contributed by atoms with Gasteiger partial charge in [0.1, 0.15) is 12.4 Å². The molecule has 1 heterocycles. The Balaban J connectivity index is 2.18. The first kappa shape index (κ1) is 16.1. The number of ether oxygens (including phenoxy) is 1. The van der Waals surface area contributed by atoms with Crippen molar-refractivity contribution in [2.45, 2.75) is 40.0 Å². The van der Waals surface area contributed by atoms with Crippen LogP contribution in [0.3, 0.4) is 0 Å². The topological polar surface area (TPSA) is 47.3 Å². The number of rotatable bonds is 6. The van der Waals surface area contributed by atoms with E-state index in [0.29, 0.717) is 22.4 Å². The molecule has 0 aliphatic carbocycles. The smallest absolute Gasteiger partial charge is 0.138 e. The first-order valence-electron chi connectivity index (χ1n) is 6.86. The zero-order valence-electron chi connectivity index (χ0n) is 12.1. The van der Waals surface area contributed by atoms with Crippen LogP contribution >= 0.6 is 23.2 Å². The second-order valence-corrected chi connectivity index (χ2v) is 5.37. The second-order valence-electron chi connectivity index (χ2n) is 4.59.